The maximum atomic E-state index is 5.76. The van der Waals surface area contributed by atoms with Gasteiger partial charge in [-0.1, -0.05) is 6.92 Å². The molecule has 0 aromatic carbocycles. The molecule has 0 spiro atoms. The van der Waals surface area contributed by atoms with Gasteiger partial charge in [0.15, 0.2) is 0 Å². The van der Waals surface area contributed by atoms with Gasteiger partial charge in [-0.15, -0.1) is 0 Å². The van der Waals surface area contributed by atoms with Crippen LogP contribution < -0.4 is 10.6 Å². The van der Waals surface area contributed by atoms with Gasteiger partial charge in [-0.05, 0) is 13.5 Å². The Morgan fingerprint density at radius 1 is 1.42 bits per heavy atom. The van der Waals surface area contributed by atoms with E-state index in [-0.39, 0.29) is 6.10 Å². The van der Waals surface area contributed by atoms with Crippen LogP contribution in [0.3, 0.4) is 0 Å². The average Bonchev–Trinajstić information content (AvgIpc) is 2.44. The lowest BCUT2D eigenvalue weighted by Crippen LogP contribution is -2.45. The lowest BCUT2D eigenvalue weighted by Gasteiger charge is -2.32. The summed E-state index contributed by atoms with van der Waals surface area (Å²) in [5, 5.41) is 6.36. The van der Waals surface area contributed by atoms with Crippen LogP contribution >= 0.6 is 0 Å². The number of aryl methyl sites for hydroxylation is 1. The molecule has 1 aliphatic heterocycles. The fraction of sp³-hybridized carbons (Fsp3) is 0.692. The van der Waals surface area contributed by atoms with Gasteiger partial charge >= 0.3 is 0 Å². The predicted molar refractivity (Wildman–Crippen MR) is 76.7 cm³/mol. The van der Waals surface area contributed by atoms with Gasteiger partial charge in [-0.3, -0.25) is 4.90 Å². The minimum Gasteiger partial charge on any atom is -0.374 e. The summed E-state index contributed by atoms with van der Waals surface area (Å²) >= 11 is 0. The summed E-state index contributed by atoms with van der Waals surface area (Å²) in [7, 11) is 1.86. The van der Waals surface area contributed by atoms with E-state index in [1.54, 1.807) is 0 Å². The van der Waals surface area contributed by atoms with Crippen molar-refractivity contribution < 1.29 is 4.74 Å². The second kappa shape index (κ2) is 6.68. The molecule has 0 radical (unpaired) electrons. The molecule has 0 aliphatic carbocycles. The van der Waals surface area contributed by atoms with Gasteiger partial charge in [0.1, 0.15) is 17.5 Å². The van der Waals surface area contributed by atoms with E-state index in [4.69, 9.17) is 4.74 Å². The summed E-state index contributed by atoms with van der Waals surface area (Å²) in [5.74, 6) is 2.43. The van der Waals surface area contributed by atoms with E-state index in [2.05, 4.69) is 32.4 Å². The standard InChI is InChI=1S/C13H23N5O/c1-4-18-5-6-19-11(9-18)8-15-13-7-12(14-3)16-10(2)17-13/h7,11H,4-6,8-9H2,1-3H3,(H2,14,15,16,17). The molecule has 0 saturated carbocycles. The number of nitrogens with one attached hydrogen (secondary N) is 2. The van der Waals surface area contributed by atoms with Crippen LogP contribution in [0.15, 0.2) is 6.07 Å². The Labute approximate surface area is 114 Å². The smallest absolute Gasteiger partial charge is 0.131 e. The van der Waals surface area contributed by atoms with Gasteiger partial charge in [0.2, 0.25) is 0 Å². The number of hydrogen-bond acceptors (Lipinski definition) is 6. The molecule has 1 saturated heterocycles. The molecular weight excluding hydrogens is 242 g/mol. The maximum Gasteiger partial charge on any atom is 0.131 e. The molecule has 1 atom stereocenters. The highest BCUT2D eigenvalue weighted by atomic mass is 16.5. The van der Waals surface area contributed by atoms with Gasteiger partial charge in [0.25, 0.3) is 0 Å². The minimum absolute atomic E-state index is 0.224. The maximum absolute atomic E-state index is 5.76. The summed E-state index contributed by atoms with van der Waals surface area (Å²) < 4.78 is 5.76. The van der Waals surface area contributed by atoms with E-state index < -0.39 is 0 Å². The molecule has 1 fully saturated rings. The topological polar surface area (TPSA) is 62.3 Å². The molecule has 6 nitrogen and oxygen atoms in total. The fourth-order valence-corrected chi connectivity index (χ4v) is 2.20. The minimum atomic E-state index is 0.224. The third-order valence-corrected chi connectivity index (χ3v) is 3.28. The number of ether oxygens (including phenoxy) is 1. The van der Waals surface area contributed by atoms with Crippen LogP contribution in [0.4, 0.5) is 11.6 Å². The summed E-state index contributed by atoms with van der Waals surface area (Å²) in [4.78, 5) is 11.0. The van der Waals surface area contributed by atoms with Crippen LogP contribution in [0.2, 0.25) is 0 Å². The van der Waals surface area contributed by atoms with Gasteiger partial charge < -0.3 is 15.4 Å². The molecule has 1 aromatic rings. The zero-order chi connectivity index (χ0) is 13.7. The van der Waals surface area contributed by atoms with E-state index in [0.717, 1.165) is 50.2 Å². The van der Waals surface area contributed by atoms with Crippen LogP contribution in [0.1, 0.15) is 12.7 Å². The number of likely N-dealkylation sites (N-methyl/N-ethyl adjacent to an activating group) is 1. The Kier molecular flexibility index (Phi) is 4.93. The monoisotopic (exact) mass is 265 g/mol. The molecule has 2 heterocycles. The molecule has 1 aliphatic rings. The van der Waals surface area contributed by atoms with Crippen molar-refractivity contribution in [3.63, 3.8) is 0 Å². The van der Waals surface area contributed by atoms with Crippen molar-refractivity contribution >= 4 is 11.6 Å². The van der Waals surface area contributed by atoms with Gasteiger partial charge in [-0.25, -0.2) is 9.97 Å². The van der Waals surface area contributed by atoms with Crippen molar-refractivity contribution in [3.8, 4) is 0 Å². The quantitative estimate of drug-likeness (QED) is 0.827. The first-order valence-corrected chi connectivity index (χ1v) is 6.82. The molecule has 1 unspecified atom stereocenters. The zero-order valence-electron chi connectivity index (χ0n) is 11.9. The first-order chi connectivity index (χ1) is 9.21. The Balaban J connectivity index is 1.89. The zero-order valence-corrected chi connectivity index (χ0v) is 11.9. The molecule has 1 aromatic heterocycles. The van der Waals surface area contributed by atoms with Crippen molar-refractivity contribution in [1.82, 2.24) is 14.9 Å². The second-order valence-corrected chi connectivity index (χ2v) is 4.70. The largest absolute Gasteiger partial charge is 0.374 e. The Morgan fingerprint density at radius 3 is 2.95 bits per heavy atom. The third kappa shape index (κ3) is 4.04. The number of rotatable bonds is 5. The molecule has 0 amide bonds. The number of hydrogen-bond donors (Lipinski definition) is 2. The highest BCUT2D eigenvalue weighted by molar-refractivity contribution is 5.47. The lowest BCUT2D eigenvalue weighted by atomic mass is 10.2. The van der Waals surface area contributed by atoms with Crippen molar-refractivity contribution in [2.75, 3.05) is 50.5 Å². The van der Waals surface area contributed by atoms with Crippen molar-refractivity contribution in [2.45, 2.75) is 20.0 Å². The average molecular weight is 265 g/mol. The summed E-state index contributed by atoms with van der Waals surface area (Å²) in [6.07, 6.45) is 0.224. The molecule has 106 valence electrons. The Morgan fingerprint density at radius 2 is 2.21 bits per heavy atom. The van der Waals surface area contributed by atoms with E-state index in [1.165, 1.54) is 0 Å². The van der Waals surface area contributed by atoms with E-state index in [9.17, 15) is 0 Å². The summed E-state index contributed by atoms with van der Waals surface area (Å²) in [6, 6.07) is 1.91. The molecular formula is C13H23N5O. The Hall–Kier alpha value is -1.40. The van der Waals surface area contributed by atoms with Crippen molar-refractivity contribution in [2.24, 2.45) is 0 Å². The molecule has 6 heteroatoms. The Bertz CT molecular complexity index is 412. The highest BCUT2D eigenvalue weighted by Gasteiger charge is 2.19. The van der Waals surface area contributed by atoms with Crippen molar-refractivity contribution in [1.29, 1.82) is 0 Å². The first-order valence-electron chi connectivity index (χ1n) is 6.82. The number of anilines is 2. The molecule has 2 N–H and O–H groups in total. The number of morpholine rings is 1. The number of nitrogens with zero attached hydrogens (tertiary/aromatic N) is 3. The van der Waals surface area contributed by atoms with Crippen LogP contribution in [-0.2, 0) is 4.74 Å². The third-order valence-electron chi connectivity index (χ3n) is 3.28. The van der Waals surface area contributed by atoms with Crippen LogP contribution in [-0.4, -0.2) is 60.8 Å². The number of aromatic nitrogens is 2. The van der Waals surface area contributed by atoms with Crippen LogP contribution in [0.25, 0.3) is 0 Å². The van der Waals surface area contributed by atoms with Gasteiger partial charge in [0, 0.05) is 32.7 Å². The van der Waals surface area contributed by atoms with E-state index in [0.29, 0.717) is 0 Å². The summed E-state index contributed by atoms with van der Waals surface area (Å²) in [6.45, 7) is 8.75. The SMILES string of the molecule is CCN1CCOC(CNc2cc(NC)nc(C)n2)C1. The predicted octanol–water partition coefficient (Wildman–Crippen LogP) is 0.959. The van der Waals surface area contributed by atoms with E-state index >= 15 is 0 Å². The van der Waals surface area contributed by atoms with Crippen molar-refractivity contribution in [3.05, 3.63) is 11.9 Å². The van der Waals surface area contributed by atoms with Gasteiger partial charge in [0.05, 0.1) is 12.7 Å². The molecule has 0 bridgehead atoms. The highest BCUT2D eigenvalue weighted by Crippen LogP contribution is 2.11. The van der Waals surface area contributed by atoms with E-state index in [1.807, 2.05) is 20.0 Å². The fourth-order valence-electron chi connectivity index (χ4n) is 2.20. The second-order valence-electron chi connectivity index (χ2n) is 4.70. The normalized spacial score (nSPS) is 20.3. The van der Waals surface area contributed by atoms with Crippen LogP contribution in [0.5, 0.6) is 0 Å². The molecule has 2 rings (SSSR count). The van der Waals surface area contributed by atoms with Crippen LogP contribution in [0, 0.1) is 6.92 Å². The first kappa shape index (κ1) is 14.0. The van der Waals surface area contributed by atoms with Gasteiger partial charge in [-0.2, -0.15) is 0 Å². The molecule has 19 heavy (non-hydrogen) atoms. The summed E-state index contributed by atoms with van der Waals surface area (Å²) in [5.41, 5.74) is 0. The lowest BCUT2D eigenvalue weighted by molar-refractivity contribution is -0.0192.